The lowest BCUT2D eigenvalue weighted by Crippen LogP contribution is -2.48. The van der Waals surface area contributed by atoms with Crippen molar-refractivity contribution >= 4 is 40.3 Å². The Morgan fingerprint density at radius 3 is 2.86 bits per heavy atom. The molecule has 36 heavy (non-hydrogen) atoms. The normalized spacial score (nSPS) is 21.7. The summed E-state index contributed by atoms with van der Waals surface area (Å²) in [5.74, 6) is -0.485. The third kappa shape index (κ3) is 4.51. The van der Waals surface area contributed by atoms with E-state index in [1.54, 1.807) is 11.6 Å². The molecule has 2 aromatic heterocycles. The average Bonchev–Trinajstić information content (AvgIpc) is 3.57. The minimum absolute atomic E-state index is 0.0565. The summed E-state index contributed by atoms with van der Waals surface area (Å²) in [6, 6.07) is 3.17. The zero-order valence-corrected chi connectivity index (χ0v) is 20.4. The molecule has 2 aliphatic rings. The van der Waals surface area contributed by atoms with Crippen LogP contribution in [0.2, 0.25) is 5.02 Å². The second-order valence-corrected chi connectivity index (χ2v) is 9.91. The maximum Gasteiger partial charge on any atom is 0.333 e. The molecule has 2 N–H and O–H groups in total. The topological polar surface area (TPSA) is 98.6 Å². The van der Waals surface area contributed by atoms with Gasteiger partial charge in [0.25, 0.3) is 0 Å². The standard InChI is InChI=1S/C23H20ClF3N6O2S/c1-12(34)35-11-23(28)7-17-18(13-8-30-33(9-13)22(26)27)19(15-3-2-14(25)6-16(15)24)31-20(32(17)10-23)21-29-4-5-36-21/h2-6,8-9,19,22H,7,10-11,28H2,1H3/t19-,23+/m0/s1. The van der Waals surface area contributed by atoms with Crippen LogP contribution in [0.15, 0.2) is 52.9 Å². The van der Waals surface area contributed by atoms with Gasteiger partial charge >= 0.3 is 12.5 Å². The van der Waals surface area contributed by atoms with Crippen LogP contribution in [-0.4, -0.2) is 50.2 Å². The van der Waals surface area contributed by atoms with Crippen LogP contribution in [0.1, 0.15) is 42.1 Å². The van der Waals surface area contributed by atoms with Gasteiger partial charge in [-0.25, -0.2) is 14.1 Å². The quantitative estimate of drug-likeness (QED) is 0.469. The molecule has 5 rings (SSSR count). The number of esters is 1. The van der Waals surface area contributed by atoms with E-state index in [9.17, 15) is 18.0 Å². The number of aromatic nitrogens is 3. The third-order valence-corrected chi connectivity index (χ3v) is 7.06. The van der Waals surface area contributed by atoms with Crippen molar-refractivity contribution in [3.05, 3.63) is 74.8 Å². The maximum absolute atomic E-state index is 13.9. The highest BCUT2D eigenvalue weighted by atomic mass is 35.5. The van der Waals surface area contributed by atoms with Crippen molar-refractivity contribution in [3.63, 3.8) is 0 Å². The number of ether oxygens (including phenoxy) is 1. The number of aliphatic imine (C=N–C) groups is 1. The van der Waals surface area contributed by atoms with Crippen molar-refractivity contribution < 1.29 is 22.7 Å². The van der Waals surface area contributed by atoms with Gasteiger partial charge in [-0.15, -0.1) is 11.3 Å². The van der Waals surface area contributed by atoms with Gasteiger partial charge in [0.15, 0.2) is 10.8 Å². The van der Waals surface area contributed by atoms with E-state index in [-0.39, 0.29) is 24.6 Å². The number of amidine groups is 1. The first-order valence-electron chi connectivity index (χ1n) is 10.8. The number of thiazole rings is 1. The average molecular weight is 537 g/mol. The molecule has 1 saturated heterocycles. The minimum atomic E-state index is -2.84. The molecule has 188 valence electrons. The second-order valence-electron chi connectivity index (χ2n) is 8.61. The van der Waals surface area contributed by atoms with Crippen molar-refractivity contribution in [1.82, 2.24) is 19.7 Å². The summed E-state index contributed by atoms with van der Waals surface area (Å²) in [5.41, 5.74) is 7.79. The van der Waals surface area contributed by atoms with Crippen LogP contribution in [0.3, 0.4) is 0 Å². The Labute approximate surface area is 212 Å². The first-order valence-corrected chi connectivity index (χ1v) is 12.1. The largest absolute Gasteiger partial charge is 0.464 e. The number of fused-ring (bicyclic) bond motifs is 1. The summed E-state index contributed by atoms with van der Waals surface area (Å²) in [6.07, 6.45) is 4.43. The molecule has 0 aliphatic carbocycles. The predicted molar refractivity (Wildman–Crippen MR) is 128 cm³/mol. The number of carbonyl (C=O) groups is 1. The molecular weight excluding hydrogens is 517 g/mol. The molecule has 4 heterocycles. The molecular formula is C23H20ClF3N6O2S. The van der Waals surface area contributed by atoms with Crippen LogP contribution in [0, 0.1) is 5.82 Å². The van der Waals surface area contributed by atoms with Gasteiger partial charge in [0, 0.05) is 59.5 Å². The molecule has 0 radical (unpaired) electrons. The fraction of sp³-hybridized carbons (Fsp3) is 0.304. The minimum Gasteiger partial charge on any atom is -0.464 e. The van der Waals surface area contributed by atoms with E-state index >= 15 is 0 Å². The van der Waals surface area contributed by atoms with Crippen molar-refractivity contribution in [2.75, 3.05) is 13.2 Å². The van der Waals surface area contributed by atoms with Crippen molar-refractivity contribution in [2.24, 2.45) is 10.7 Å². The molecule has 0 saturated carbocycles. The highest BCUT2D eigenvalue weighted by Gasteiger charge is 2.46. The lowest BCUT2D eigenvalue weighted by atomic mass is 9.89. The van der Waals surface area contributed by atoms with E-state index in [0.29, 0.717) is 37.9 Å². The van der Waals surface area contributed by atoms with E-state index < -0.39 is 29.9 Å². The summed E-state index contributed by atoms with van der Waals surface area (Å²) in [6.45, 7) is -1.36. The molecule has 2 aliphatic heterocycles. The number of nitrogens with two attached hydrogens (primary N) is 1. The van der Waals surface area contributed by atoms with Crippen LogP contribution < -0.4 is 5.73 Å². The summed E-state index contributed by atoms with van der Waals surface area (Å²) >= 11 is 7.81. The van der Waals surface area contributed by atoms with Gasteiger partial charge in [0.05, 0.1) is 11.7 Å². The predicted octanol–water partition coefficient (Wildman–Crippen LogP) is 4.41. The molecule has 8 nitrogen and oxygen atoms in total. The van der Waals surface area contributed by atoms with Crippen LogP contribution in [0.25, 0.3) is 5.57 Å². The molecule has 0 spiro atoms. The zero-order chi connectivity index (χ0) is 25.6. The molecule has 0 bridgehead atoms. The number of rotatable bonds is 6. The molecule has 3 aromatic rings. The Kier molecular flexibility index (Phi) is 6.35. The summed E-state index contributed by atoms with van der Waals surface area (Å²) in [5, 5.41) is 6.33. The zero-order valence-electron chi connectivity index (χ0n) is 18.9. The Balaban J connectivity index is 1.71. The number of hydrogen-bond acceptors (Lipinski definition) is 8. The van der Waals surface area contributed by atoms with Gasteiger partial charge < -0.3 is 15.4 Å². The van der Waals surface area contributed by atoms with Gasteiger partial charge in [0.2, 0.25) is 0 Å². The Hall–Kier alpha value is -3.22. The SMILES string of the molecule is CC(=O)OC[C@@]1(N)CC2=C(c3cnn(C(F)F)c3)[C@H](c3ccc(F)cc3Cl)N=C(c3nccs3)N2C1. The fourth-order valence-corrected chi connectivity index (χ4v) is 5.37. The van der Waals surface area contributed by atoms with Gasteiger partial charge in [-0.05, 0) is 17.7 Å². The van der Waals surface area contributed by atoms with Crippen LogP contribution in [-0.2, 0) is 9.53 Å². The van der Waals surface area contributed by atoms with E-state index in [4.69, 9.17) is 27.1 Å². The third-order valence-electron chi connectivity index (χ3n) is 5.97. The first kappa shape index (κ1) is 24.5. The van der Waals surface area contributed by atoms with Crippen LogP contribution >= 0.6 is 22.9 Å². The lowest BCUT2D eigenvalue weighted by Gasteiger charge is -2.32. The molecule has 13 heteroatoms. The highest BCUT2D eigenvalue weighted by molar-refractivity contribution is 7.11. The van der Waals surface area contributed by atoms with Gasteiger partial charge in [-0.2, -0.15) is 13.9 Å². The van der Waals surface area contributed by atoms with E-state index in [1.165, 1.54) is 48.9 Å². The maximum atomic E-state index is 13.9. The first-order chi connectivity index (χ1) is 17.1. The van der Waals surface area contributed by atoms with Gasteiger partial charge in [-0.1, -0.05) is 17.7 Å². The number of hydrogen-bond donors (Lipinski definition) is 1. The van der Waals surface area contributed by atoms with Crippen LogP contribution in [0.4, 0.5) is 13.2 Å². The van der Waals surface area contributed by atoms with Gasteiger partial charge in [-0.3, -0.25) is 9.79 Å². The van der Waals surface area contributed by atoms with E-state index in [2.05, 4.69) is 10.1 Å². The second kappa shape index (κ2) is 9.34. The number of halogens is 4. The molecule has 2 atom stereocenters. The number of nitrogens with zero attached hydrogens (tertiary/aromatic N) is 5. The van der Waals surface area contributed by atoms with Crippen molar-refractivity contribution in [1.29, 1.82) is 0 Å². The van der Waals surface area contributed by atoms with E-state index in [0.717, 1.165) is 0 Å². The number of carbonyl (C=O) groups excluding carboxylic acids is 1. The molecule has 0 amide bonds. The van der Waals surface area contributed by atoms with Crippen molar-refractivity contribution in [3.8, 4) is 0 Å². The highest BCUT2D eigenvalue weighted by Crippen LogP contribution is 2.48. The van der Waals surface area contributed by atoms with E-state index in [1.807, 2.05) is 4.90 Å². The van der Waals surface area contributed by atoms with Crippen molar-refractivity contribution in [2.45, 2.75) is 31.5 Å². The van der Waals surface area contributed by atoms with Crippen LogP contribution in [0.5, 0.6) is 0 Å². The molecule has 1 aromatic carbocycles. The Morgan fingerprint density at radius 1 is 1.42 bits per heavy atom. The number of alkyl halides is 2. The summed E-state index contributed by atoms with van der Waals surface area (Å²) < 4.78 is 46.5. The summed E-state index contributed by atoms with van der Waals surface area (Å²) in [7, 11) is 0. The summed E-state index contributed by atoms with van der Waals surface area (Å²) in [4.78, 5) is 22.7. The molecule has 1 fully saturated rings. The smallest absolute Gasteiger partial charge is 0.333 e. The number of benzene rings is 1. The monoisotopic (exact) mass is 536 g/mol. The Bertz CT molecular complexity index is 1380. The lowest BCUT2D eigenvalue weighted by molar-refractivity contribution is -0.142. The molecule has 0 unspecified atom stereocenters. The van der Waals surface area contributed by atoms with Gasteiger partial charge in [0.1, 0.15) is 18.5 Å². The Morgan fingerprint density at radius 2 is 2.22 bits per heavy atom. The fourth-order valence-electron chi connectivity index (χ4n) is 4.46.